The molecule has 1 saturated heterocycles. The molecule has 7 heteroatoms. The van der Waals surface area contributed by atoms with Crippen molar-refractivity contribution in [1.29, 1.82) is 0 Å². The van der Waals surface area contributed by atoms with Crippen LogP contribution in [0.5, 0.6) is 0 Å². The molecule has 2 aliphatic rings. The maximum Gasteiger partial charge on any atom is 0.288 e. The zero-order valence-electron chi connectivity index (χ0n) is 12.0. The van der Waals surface area contributed by atoms with Crippen LogP contribution in [0.1, 0.15) is 24.8 Å². The molecule has 0 bridgehead atoms. The Bertz CT molecular complexity index is 607. The molecule has 1 aliphatic heterocycles. The summed E-state index contributed by atoms with van der Waals surface area (Å²) in [6.07, 6.45) is 3.35. The van der Waals surface area contributed by atoms with Gasteiger partial charge in [-0.15, -0.1) is 0 Å². The second-order valence-corrected chi connectivity index (χ2v) is 6.12. The monoisotopic (exact) mass is 324 g/mol. The molecule has 3 rings (SSSR count). The highest BCUT2D eigenvalue weighted by atomic mass is 35.5. The molecule has 2 fully saturated rings. The summed E-state index contributed by atoms with van der Waals surface area (Å²) < 4.78 is 5.70. The van der Waals surface area contributed by atoms with Crippen molar-refractivity contribution in [3.63, 3.8) is 0 Å². The van der Waals surface area contributed by atoms with Crippen LogP contribution in [-0.4, -0.2) is 41.0 Å². The molecular formula is C15H17ClN2O4. The second-order valence-electron chi connectivity index (χ2n) is 5.71. The van der Waals surface area contributed by atoms with Crippen molar-refractivity contribution >= 4 is 23.2 Å². The van der Waals surface area contributed by atoms with Crippen LogP contribution < -0.4 is 0 Å². The summed E-state index contributed by atoms with van der Waals surface area (Å²) in [7, 11) is 0. The van der Waals surface area contributed by atoms with Crippen LogP contribution in [0.25, 0.3) is 0 Å². The molecule has 0 spiro atoms. The number of nitrogens with zero attached hydrogens (tertiary/aromatic N) is 2. The fourth-order valence-corrected chi connectivity index (χ4v) is 3.51. The number of morpholine rings is 1. The van der Waals surface area contributed by atoms with Crippen molar-refractivity contribution in [2.45, 2.75) is 37.8 Å². The van der Waals surface area contributed by atoms with Crippen molar-refractivity contribution in [3.8, 4) is 0 Å². The largest absolute Gasteiger partial charge is 0.374 e. The van der Waals surface area contributed by atoms with E-state index in [-0.39, 0.29) is 35.2 Å². The minimum atomic E-state index is -0.530. The lowest BCUT2D eigenvalue weighted by molar-refractivity contribution is -0.384. The smallest absolute Gasteiger partial charge is 0.288 e. The van der Waals surface area contributed by atoms with Crippen LogP contribution in [0.15, 0.2) is 18.2 Å². The number of amides is 1. The number of carbonyl (C=O) groups excluding carboxylic acids is 1. The predicted octanol–water partition coefficient (Wildman–Crippen LogP) is 2.57. The molecule has 0 unspecified atom stereocenters. The number of carbonyl (C=O) groups is 1. The molecule has 2 atom stereocenters. The van der Waals surface area contributed by atoms with Crippen molar-refractivity contribution in [2.24, 2.45) is 0 Å². The van der Waals surface area contributed by atoms with Crippen molar-refractivity contribution in [2.75, 3.05) is 13.2 Å². The van der Waals surface area contributed by atoms with Crippen molar-refractivity contribution in [1.82, 2.24) is 4.90 Å². The van der Waals surface area contributed by atoms with Gasteiger partial charge in [0.15, 0.2) is 0 Å². The predicted molar refractivity (Wildman–Crippen MR) is 80.9 cm³/mol. The van der Waals surface area contributed by atoms with Crippen molar-refractivity contribution < 1.29 is 14.5 Å². The van der Waals surface area contributed by atoms with Gasteiger partial charge in [0.25, 0.3) is 5.69 Å². The summed E-state index contributed by atoms with van der Waals surface area (Å²) in [5, 5.41) is 11.0. The molecule has 22 heavy (non-hydrogen) atoms. The normalized spacial score (nSPS) is 24.1. The Morgan fingerprint density at radius 2 is 2.27 bits per heavy atom. The summed E-state index contributed by atoms with van der Waals surface area (Å²) in [4.78, 5) is 24.8. The van der Waals surface area contributed by atoms with Crippen LogP contribution in [0.4, 0.5) is 5.69 Å². The summed E-state index contributed by atoms with van der Waals surface area (Å²) in [5.41, 5.74) is 0.454. The number of rotatable bonds is 3. The van der Waals surface area contributed by atoms with Gasteiger partial charge in [0.05, 0.1) is 30.1 Å². The van der Waals surface area contributed by atoms with Gasteiger partial charge >= 0.3 is 0 Å². The second kappa shape index (κ2) is 6.22. The zero-order chi connectivity index (χ0) is 15.7. The zero-order valence-corrected chi connectivity index (χ0v) is 12.8. The lowest BCUT2D eigenvalue weighted by Gasteiger charge is -2.37. The van der Waals surface area contributed by atoms with E-state index in [1.54, 1.807) is 6.07 Å². The maximum atomic E-state index is 12.5. The van der Waals surface area contributed by atoms with Crippen molar-refractivity contribution in [3.05, 3.63) is 38.9 Å². The molecule has 1 heterocycles. The maximum absolute atomic E-state index is 12.5. The Morgan fingerprint density at radius 1 is 1.45 bits per heavy atom. The number of hydrogen-bond donors (Lipinski definition) is 0. The number of hydrogen-bond acceptors (Lipinski definition) is 4. The first-order chi connectivity index (χ1) is 10.6. The Morgan fingerprint density at radius 3 is 3.05 bits per heavy atom. The summed E-state index contributed by atoms with van der Waals surface area (Å²) >= 11 is 5.80. The van der Waals surface area contributed by atoms with Gasteiger partial charge in [0.1, 0.15) is 5.02 Å². The number of ether oxygens (including phenoxy) is 1. The lowest BCUT2D eigenvalue weighted by atomic mass is 10.1. The van der Waals surface area contributed by atoms with E-state index in [0.29, 0.717) is 18.7 Å². The molecule has 1 saturated carbocycles. The molecule has 1 aliphatic carbocycles. The number of benzene rings is 1. The molecule has 0 N–H and O–H groups in total. The fourth-order valence-electron chi connectivity index (χ4n) is 3.32. The van der Waals surface area contributed by atoms with E-state index in [2.05, 4.69) is 0 Å². The van der Waals surface area contributed by atoms with E-state index in [1.165, 1.54) is 12.1 Å². The first-order valence-corrected chi connectivity index (χ1v) is 7.78. The Balaban J connectivity index is 1.74. The molecule has 0 radical (unpaired) electrons. The highest BCUT2D eigenvalue weighted by Gasteiger charge is 2.38. The Kier molecular flexibility index (Phi) is 4.31. The van der Waals surface area contributed by atoms with Gasteiger partial charge in [-0.1, -0.05) is 17.7 Å². The van der Waals surface area contributed by atoms with Gasteiger partial charge in [0.2, 0.25) is 5.91 Å². The summed E-state index contributed by atoms with van der Waals surface area (Å²) in [6, 6.07) is 4.68. The van der Waals surface area contributed by atoms with E-state index < -0.39 is 4.92 Å². The van der Waals surface area contributed by atoms with Gasteiger partial charge in [-0.3, -0.25) is 14.9 Å². The molecule has 6 nitrogen and oxygen atoms in total. The lowest BCUT2D eigenvalue weighted by Crippen LogP contribution is -2.51. The molecule has 118 valence electrons. The number of halogens is 1. The van der Waals surface area contributed by atoms with E-state index in [1.807, 2.05) is 4.90 Å². The average Bonchev–Trinajstić information content (AvgIpc) is 2.97. The molecule has 1 aromatic carbocycles. The van der Waals surface area contributed by atoms with E-state index in [0.717, 1.165) is 19.3 Å². The standard InChI is InChI=1S/C15H17ClN2O4/c16-11-5-4-10(8-13(11)18(20)21)9-15(19)17-6-7-22-14-3-1-2-12(14)17/h4-5,8,12,14H,1-3,6-7,9H2/t12-,14+/m0/s1. The first kappa shape index (κ1) is 15.2. The van der Waals surface area contributed by atoms with Gasteiger partial charge in [-0.25, -0.2) is 0 Å². The first-order valence-electron chi connectivity index (χ1n) is 7.40. The Labute approximate surface area is 133 Å². The molecular weight excluding hydrogens is 308 g/mol. The quantitative estimate of drug-likeness (QED) is 0.632. The van der Waals surface area contributed by atoms with Crippen LogP contribution in [0.3, 0.4) is 0 Å². The van der Waals surface area contributed by atoms with E-state index in [9.17, 15) is 14.9 Å². The summed E-state index contributed by atoms with van der Waals surface area (Å²) in [5.74, 6) is -0.00294. The van der Waals surface area contributed by atoms with Gasteiger partial charge < -0.3 is 9.64 Å². The van der Waals surface area contributed by atoms with E-state index in [4.69, 9.17) is 16.3 Å². The third kappa shape index (κ3) is 2.94. The minimum Gasteiger partial charge on any atom is -0.374 e. The number of nitro groups is 1. The fraction of sp³-hybridized carbons (Fsp3) is 0.533. The number of fused-ring (bicyclic) bond motifs is 1. The van der Waals surface area contributed by atoms with Gasteiger partial charge in [-0.05, 0) is 30.9 Å². The summed E-state index contributed by atoms with van der Waals surface area (Å²) in [6.45, 7) is 1.16. The van der Waals surface area contributed by atoms with Crippen LogP contribution >= 0.6 is 11.6 Å². The average molecular weight is 325 g/mol. The van der Waals surface area contributed by atoms with Gasteiger partial charge in [0, 0.05) is 12.6 Å². The topological polar surface area (TPSA) is 72.7 Å². The van der Waals surface area contributed by atoms with E-state index >= 15 is 0 Å². The molecule has 0 aromatic heterocycles. The van der Waals surface area contributed by atoms with Crippen LogP contribution in [-0.2, 0) is 16.0 Å². The highest BCUT2D eigenvalue weighted by molar-refractivity contribution is 6.32. The van der Waals surface area contributed by atoms with Crippen LogP contribution in [0, 0.1) is 10.1 Å². The molecule has 1 aromatic rings. The molecule has 1 amide bonds. The SMILES string of the molecule is O=C(Cc1ccc(Cl)c([N+](=O)[O-])c1)N1CCO[C@@H]2CCC[C@@H]21. The highest BCUT2D eigenvalue weighted by Crippen LogP contribution is 2.30. The van der Waals surface area contributed by atoms with Crippen LogP contribution in [0.2, 0.25) is 5.02 Å². The van der Waals surface area contributed by atoms with Gasteiger partial charge in [-0.2, -0.15) is 0 Å². The third-order valence-corrected chi connectivity index (χ3v) is 4.68. The number of nitro benzene ring substituents is 1. The Hall–Kier alpha value is -1.66. The third-order valence-electron chi connectivity index (χ3n) is 4.37. The minimum absolute atomic E-state index is 0.00294.